The molecule has 2 aliphatic rings. The third-order valence-electron chi connectivity index (χ3n) is 4.37. The van der Waals surface area contributed by atoms with Crippen LogP contribution in [0.4, 0.5) is 4.39 Å². The predicted octanol–water partition coefficient (Wildman–Crippen LogP) is 3.07. The molecular weight excluding hydrogens is 307 g/mol. The molecule has 5 heteroatoms. The largest absolute Gasteiger partial charge is 0.337 e. The van der Waals surface area contributed by atoms with Crippen molar-refractivity contribution >= 4 is 11.8 Å². The maximum Gasteiger partial charge on any atom is 0.254 e. The van der Waals surface area contributed by atoms with Crippen LogP contribution < -0.4 is 0 Å². The normalized spacial score (nSPS) is 15.1. The monoisotopic (exact) mass is 326 g/mol. The van der Waals surface area contributed by atoms with Gasteiger partial charge in [0.1, 0.15) is 5.82 Å². The summed E-state index contributed by atoms with van der Waals surface area (Å²) in [6.07, 6.45) is 0. The number of benzene rings is 2. The first-order chi connectivity index (χ1) is 11.5. The summed E-state index contributed by atoms with van der Waals surface area (Å²) in [5, 5.41) is 0. The van der Waals surface area contributed by atoms with Gasteiger partial charge in [0.25, 0.3) is 11.8 Å². The lowest BCUT2D eigenvalue weighted by Gasteiger charge is -2.10. The minimum atomic E-state index is -0.287. The van der Waals surface area contributed by atoms with Gasteiger partial charge in [0, 0.05) is 43.4 Å². The predicted molar refractivity (Wildman–Crippen MR) is 89.1 cm³/mol. The second-order valence-electron chi connectivity index (χ2n) is 5.90. The molecule has 0 spiro atoms. The minimum absolute atomic E-state index is 0.0931. The van der Waals surface area contributed by atoms with Gasteiger partial charge in [-0.15, -0.1) is 0 Å². The van der Waals surface area contributed by atoms with Crippen molar-refractivity contribution in [2.75, 3.05) is 13.6 Å². The highest BCUT2D eigenvalue weighted by atomic mass is 19.1. The van der Waals surface area contributed by atoms with E-state index in [2.05, 4.69) is 0 Å². The Morgan fingerprint density at radius 3 is 2.33 bits per heavy atom. The Morgan fingerprint density at radius 2 is 1.67 bits per heavy atom. The van der Waals surface area contributed by atoms with Gasteiger partial charge in [-0.1, -0.05) is 24.3 Å². The molecule has 0 saturated carbocycles. The highest BCUT2D eigenvalue weighted by molar-refractivity contribution is 5.98. The van der Waals surface area contributed by atoms with Crippen LogP contribution in [0.1, 0.15) is 38.8 Å². The zero-order valence-electron chi connectivity index (χ0n) is 13.8. The van der Waals surface area contributed by atoms with Gasteiger partial charge in [-0.25, -0.2) is 4.39 Å². The van der Waals surface area contributed by atoms with Crippen molar-refractivity contribution in [2.24, 2.45) is 0 Å². The molecule has 0 radical (unpaired) electrons. The third kappa shape index (κ3) is 2.77. The second kappa shape index (κ2) is 6.43. The summed E-state index contributed by atoms with van der Waals surface area (Å²) in [5.41, 5.74) is 3.05. The summed E-state index contributed by atoms with van der Waals surface area (Å²) in [6, 6.07) is 12.4. The zero-order valence-corrected chi connectivity index (χ0v) is 13.8. The standard InChI is InChI=1S/C10H11NO.C9H8FNO/c1-2-11-7-8-5-3-4-6-9(8)10(11)12;1-11-5-7-6(9(11)12)3-2-4-8(7)10/h3-6H,2,7H2,1H3;2-4H,5H2,1H3. The Kier molecular flexibility index (Phi) is 4.34. The Balaban J connectivity index is 0.000000141. The summed E-state index contributed by atoms with van der Waals surface area (Å²) < 4.78 is 13.1. The van der Waals surface area contributed by atoms with Crippen LogP contribution in [0.25, 0.3) is 0 Å². The Labute approximate surface area is 140 Å². The number of halogens is 1. The molecule has 2 aromatic carbocycles. The molecule has 0 N–H and O–H groups in total. The lowest BCUT2D eigenvalue weighted by Crippen LogP contribution is -2.22. The first-order valence-electron chi connectivity index (χ1n) is 7.93. The highest BCUT2D eigenvalue weighted by Gasteiger charge is 2.26. The number of nitrogens with zero attached hydrogens (tertiary/aromatic N) is 2. The highest BCUT2D eigenvalue weighted by Crippen LogP contribution is 2.23. The molecule has 124 valence electrons. The van der Waals surface area contributed by atoms with E-state index < -0.39 is 0 Å². The van der Waals surface area contributed by atoms with Crippen molar-refractivity contribution in [3.8, 4) is 0 Å². The van der Waals surface area contributed by atoms with Gasteiger partial charge < -0.3 is 9.80 Å². The minimum Gasteiger partial charge on any atom is -0.337 e. The Bertz CT molecular complexity index is 804. The lowest BCUT2D eigenvalue weighted by atomic mass is 10.1. The SMILES string of the molecule is CCN1Cc2ccccc2C1=O.CN1Cc2c(F)cccc2C1=O. The van der Waals surface area contributed by atoms with Crippen molar-refractivity contribution in [2.45, 2.75) is 20.0 Å². The molecule has 2 amide bonds. The van der Waals surface area contributed by atoms with E-state index in [4.69, 9.17) is 0 Å². The summed E-state index contributed by atoms with van der Waals surface area (Å²) in [4.78, 5) is 26.2. The van der Waals surface area contributed by atoms with E-state index in [0.717, 1.165) is 24.2 Å². The van der Waals surface area contributed by atoms with Crippen molar-refractivity contribution < 1.29 is 14.0 Å². The van der Waals surface area contributed by atoms with E-state index in [1.165, 1.54) is 11.0 Å². The first kappa shape index (κ1) is 16.2. The fraction of sp³-hybridized carbons (Fsp3) is 0.263. The maximum atomic E-state index is 13.1. The summed E-state index contributed by atoms with van der Waals surface area (Å²) in [5.74, 6) is -0.206. The molecule has 24 heavy (non-hydrogen) atoms. The van der Waals surface area contributed by atoms with Gasteiger partial charge >= 0.3 is 0 Å². The van der Waals surface area contributed by atoms with Gasteiger partial charge in [0.05, 0.1) is 0 Å². The van der Waals surface area contributed by atoms with Crippen LogP contribution in [0.15, 0.2) is 42.5 Å². The average molecular weight is 326 g/mol. The number of carbonyl (C=O) groups excluding carboxylic acids is 2. The lowest BCUT2D eigenvalue weighted by molar-refractivity contribution is 0.0785. The molecule has 0 aromatic heterocycles. The number of hydrogen-bond acceptors (Lipinski definition) is 2. The van der Waals surface area contributed by atoms with E-state index in [-0.39, 0.29) is 17.6 Å². The molecule has 2 aromatic rings. The number of rotatable bonds is 1. The van der Waals surface area contributed by atoms with Gasteiger partial charge in [0.15, 0.2) is 0 Å². The first-order valence-corrected chi connectivity index (χ1v) is 7.93. The van der Waals surface area contributed by atoms with E-state index in [9.17, 15) is 14.0 Å². The second-order valence-corrected chi connectivity index (χ2v) is 5.90. The molecule has 4 rings (SSSR count). The molecule has 0 unspecified atom stereocenters. The summed E-state index contributed by atoms with van der Waals surface area (Å²) in [7, 11) is 1.67. The van der Waals surface area contributed by atoms with E-state index in [1.54, 1.807) is 19.2 Å². The molecule has 2 aliphatic heterocycles. The molecule has 4 nitrogen and oxygen atoms in total. The van der Waals surface area contributed by atoms with E-state index in [0.29, 0.717) is 17.7 Å². The third-order valence-corrected chi connectivity index (χ3v) is 4.37. The van der Waals surface area contributed by atoms with Gasteiger partial charge in [-0.2, -0.15) is 0 Å². The van der Waals surface area contributed by atoms with Crippen molar-refractivity contribution in [1.29, 1.82) is 0 Å². The fourth-order valence-electron chi connectivity index (χ4n) is 3.00. The van der Waals surface area contributed by atoms with E-state index in [1.807, 2.05) is 36.1 Å². The molecular formula is C19H19FN2O2. The van der Waals surface area contributed by atoms with Crippen LogP contribution >= 0.6 is 0 Å². The van der Waals surface area contributed by atoms with Crippen LogP contribution in [0.2, 0.25) is 0 Å². The van der Waals surface area contributed by atoms with Crippen LogP contribution in [-0.2, 0) is 13.1 Å². The van der Waals surface area contributed by atoms with Gasteiger partial charge in [-0.05, 0) is 30.7 Å². The molecule has 2 heterocycles. The topological polar surface area (TPSA) is 40.6 Å². The summed E-state index contributed by atoms with van der Waals surface area (Å²) in [6.45, 7) is 3.98. The smallest absolute Gasteiger partial charge is 0.254 e. The molecule has 0 saturated heterocycles. The molecule has 0 aliphatic carbocycles. The maximum absolute atomic E-state index is 13.1. The zero-order chi connectivity index (χ0) is 17.3. The van der Waals surface area contributed by atoms with Crippen LogP contribution in [0, 0.1) is 5.82 Å². The quantitative estimate of drug-likeness (QED) is 0.808. The van der Waals surface area contributed by atoms with Gasteiger partial charge in [-0.3, -0.25) is 9.59 Å². The van der Waals surface area contributed by atoms with Crippen LogP contribution in [-0.4, -0.2) is 35.2 Å². The summed E-state index contributed by atoms with van der Waals surface area (Å²) >= 11 is 0. The fourth-order valence-corrected chi connectivity index (χ4v) is 3.00. The molecule has 0 bridgehead atoms. The Morgan fingerprint density at radius 1 is 0.958 bits per heavy atom. The van der Waals surface area contributed by atoms with Crippen LogP contribution in [0.5, 0.6) is 0 Å². The van der Waals surface area contributed by atoms with Crippen molar-refractivity contribution in [1.82, 2.24) is 9.80 Å². The van der Waals surface area contributed by atoms with Crippen LogP contribution in [0.3, 0.4) is 0 Å². The van der Waals surface area contributed by atoms with Gasteiger partial charge in [0.2, 0.25) is 0 Å². The average Bonchev–Trinajstić information content (AvgIpc) is 3.08. The number of hydrogen-bond donors (Lipinski definition) is 0. The van der Waals surface area contributed by atoms with Crippen molar-refractivity contribution in [3.05, 3.63) is 70.5 Å². The van der Waals surface area contributed by atoms with E-state index >= 15 is 0 Å². The number of amides is 2. The molecule has 0 fully saturated rings. The molecule has 0 atom stereocenters. The number of carbonyl (C=O) groups is 2. The van der Waals surface area contributed by atoms with Crippen molar-refractivity contribution in [3.63, 3.8) is 0 Å². The Hall–Kier alpha value is -2.69. The number of fused-ring (bicyclic) bond motifs is 2.